The van der Waals surface area contributed by atoms with Gasteiger partial charge in [-0.2, -0.15) is 0 Å². The topological polar surface area (TPSA) is 74.6 Å². The van der Waals surface area contributed by atoms with Crippen LogP contribution in [0.15, 0.2) is 12.2 Å². The Kier molecular flexibility index (Phi) is 15.0. The number of allylic oxidation sites excluding steroid dienone is 1. The van der Waals surface area contributed by atoms with Gasteiger partial charge in [-0.15, -0.1) is 0 Å². The minimum Gasteiger partial charge on any atom is -0.481 e. The van der Waals surface area contributed by atoms with Gasteiger partial charge in [0.2, 0.25) is 0 Å². The second kappa shape index (κ2) is 15.6. The largest absolute Gasteiger partial charge is 0.481 e. The molecule has 0 saturated heterocycles. The lowest BCUT2D eigenvalue weighted by atomic mass is 9.92. The van der Waals surface area contributed by atoms with Crippen molar-refractivity contribution in [3.05, 3.63) is 12.2 Å². The summed E-state index contributed by atoms with van der Waals surface area (Å²) in [5, 5.41) is 19.6. The van der Waals surface area contributed by atoms with Crippen molar-refractivity contribution in [3.63, 3.8) is 0 Å². The van der Waals surface area contributed by atoms with E-state index in [4.69, 9.17) is 5.11 Å². The number of carboxylic acids is 1. The van der Waals surface area contributed by atoms with Crippen LogP contribution in [-0.4, -0.2) is 59.7 Å². The SMILES string of the molecule is CCCCCCCCCCCCCCC=CC(=O)C(O)(CC(=O)O)C[N+](C)(C)C. The number of rotatable bonds is 19. The zero-order valence-electron chi connectivity index (χ0n) is 19.4. The van der Waals surface area contributed by atoms with Crippen LogP contribution < -0.4 is 0 Å². The van der Waals surface area contributed by atoms with Crippen LogP contribution in [0.1, 0.15) is 96.8 Å². The predicted octanol–water partition coefficient (Wildman–Crippen LogP) is 5.11. The van der Waals surface area contributed by atoms with Crippen LogP contribution in [0.2, 0.25) is 0 Å². The number of ketones is 1. The van der Waals surface area contributed by atoms with E-state index in [2.05, 4.69) is 6.92 Å². The van der Waals surface area contributed by atoms with Crippen LogP contribution in [0, 0.1) is 0 Å². The van der Waals surface area contributed by atoms with E-state index in [1.54, 1.807) is 6.08 Å². The Hall–Kier alpha value is -1.20. The summed E-state index contributed by atoms with van der Waals surface area (Å²) in [6, 6.07) is 0. The molecule has 0 saturated carbocycles. The summed E-state index contributed by atoms with van der Waals surface area (Å²) in [6.45, 7) is 2.32. The van der Waals surface area contributed by atoms with E-state index in [9.17, 15) is 14.7 Å². The summed E-state index contributed by atoms with van der Waals surface area (Å²) in [6.07, 6.45) is 18.9. The van der Waals surface area contributed by atoms with Crippen LogP contribution in [-0.2, 0) is 9.59 Å². The van der Waals surface area contributed by atoms with Crippen LogP contribution >= 0.6 is 0 Å². The summed E-state index contributed by atoms with van der Waals surface area (Å²) in [7, 11) is 5.49. The molecule has 0 aromatic heterocycles. The fraction of sp³-hybridized carbons (Fsp3) is 0.833. The molecular formula is C24H46NO4+. The fourth-order valence-corrected chi connectivity index (χ4v) is 3.70. The number of hydrogen-bond acceptors (Lipinski definition) is 3. The molecule has 0 fully saturated rings. The minimum atomic E-state index is -1.85. The van der Waals surface area contributed by atoms with Crippen molar-refractivity contribution in [2.75, 3.05) is 27.7 Å². The van der Waals surface area contributed by atoms with Crippen LogP contribution in [0.4, 0.5) is 0 Å². The Bertz CT molecular complexity index is 482. The number of nitrogens with zero attached hydrogens (tertiary/aromatic N) is 1. The van der Waals surface area contributed by atoms with Gasteiger partial charge < -0.3 is 14.7 Å². The van der Waals surface area contributed by atoms with Gasteiger partial charge in [0, 0.05) is 0 Å². The molecule has 1 unspecified atom stereocenters. The Morgan fingerprint density at radius 1 is 0.828 bits per heavy atom. The van der Waals surface area contributed by atoms with Gasteiger partial charge in [0.1, 0.15) is 6.54 Å². The molecule has 0 aliphatic rings. The van der Waals surface area contributed by atoms with Gasteiger partial charge in [-0.05, 0) is 18.9 Å². The summed E-state index contributed by atoms with van der Waals surface area (Å²) < 4.78 is 0.322. The van der Waals surface area contributed by atoms with Crippen molar-refractivity contribution in [1.82, 2.24) is 0 Å². The van der Waals surface area contributed by atoms with E-state index in [0.717, 1.165) is 19.3 Å². The predicted molar refractivity (Wildman–Crippen MR) is 120 cm³/mol. The van der Waals surface area contributed by atoms with Gasteiger partial charge in [0.25, 0.3) is 0 Å². The van der Waals surface area contributed by atoms with Crippen molar-refractivity contribution in [2.45, 2.75) is 102 Å². The van der Waals surface area contributed by atoms with Crippen LogP contribution in [0.3, 0.4) is 0 Å². The van der Waals surface area contributed by atoms with Gasteiger partial charge in [-0.3, -0.25) is 9.59 Å². The number of carboxylic acid groups (broad SMARTS) is 1. The number of aliphatic hydroxyl groups is 1. The van der Waals surface area contributed by atoms with Crippen molar-refractivity contribution in [1.29, 1.82) is 0 Å². The smallest absolute Gasteiger partial charge is 0.307 e. The fourth-order valence-electron chi connectivity index (χ4n) is 3.70. The van der Waals surface area contributed by atoms with Crippen molar-refractivity contribution >= 4 is 11.8 Å². The monoisotopic (exact) mass is 412 g/mol. The molecule has 1 atom stereocenters. The maximum absolute atomic E-state index is 12.4. The van der Waals surface area contributed by atoms with Crippen molar-refractivity contribution < 1.29 is 24.3 Å². The molecule has 0 heterocycles. The normalized spacial score (nSPS) is 14.2. The maximum atomic E-state index is 12.4. The van der Waals surface area contributed by atoms with E-state index < -0.39 is 23.8 Å². The third-order valence-corrected chi connectivity index (χ3v) is 5.13. The van der Waals surface area contributed by atoms with E-state index in [1.165, 1.54) is 70.3 Å². The summed E-state index contributed by atoms with van der Waals surface area (Å²) >= 11 is 0. The first-order valence-electron chi connectivity index (χ1n) is 11.6. The first kappa shape index (κ1) is 27.8. The molecule has 0 aromatic rings. The first-order chi connectivity index (χ1) is 13.6. The van der Waals surface area contributed by atoms with E-state index in [-0.39, 0.29) is 6.54 Å². The quantitative estimate of drug-likeness (QED) is 0.175. The Balaban J connectivity index is 3.94. The Morgan fingerprint density at radius 3 is 1.69 bits per heavy atom. The third kappa shape index (κ3) is 16.3. The van der Waals surface area contributed by atoms with Gasteiger partial charge in [-0.25, -0.2) is 0 Å². The average molecular weight is 413 g/mol. The zero-order chi connectivity index (χ0) is 22.2. The number of aliphatic carboxylic acids is 1. The highest BCUT2D eigenvalue weighted by Crippen LogP contribution is 2.18. The highest BCUT2D eigenvalue weighted by molar-refractivity contribution is 5.99. The number of carbonyl (C=O) groups is 2. The van der Waals surface area contributed by atoms with Gasteiger partial charge in [-0.1, -0.05) is 83.6 Å². The Labute approximate surface area is 178 Å². The molecule has 0 aliphatic carbocycles. The molecule has 0 amide bonds. The molecule has 5 heteroatoms. The van der Waals surface area contributed by atoms with Crippen molar-refractivity contribution in [2.24, 2.45) is 0 Å². The Morgan fingerprint density at radius 2 is 1.28 bits per heavy atom. The number of hydrogen-bond donors (Lipinski definition) is 2. The summed E-state index contributed by atoms with van der Waals surface area (Å²) in [4.78, 5) is 23.5. The second-order valence-corrected chi connectivity index (χ2v) is 9.49. The highest BCUT2D eigenvalue weighted by atomic mass is 16.4. The molecule has 170 valence electrons. The van der Waals surface area contributed by atoms with E-state index >= 15 is 0 Å². The molecule has 0 rings (SSSR count). The highest BCUT2D eigenvalue weighted by Gasteiger charge is 2.41. The number of carbonyl (C=O) groups excluding carboxylic acids is 1. The van der Waals surface area contributed by atoms with Gasteiger partial charge in [0.05, 0.1) is 27.6 Å². The molecular weight excluding hydrogens is 366 g/mol. The number of unbranched alkanes of at least 4 members (excludes halogenated alkanes) is 12. The molecule has 0 spiro atoms. The lowest BCUT2D eigenvalue weighted by molar-refractivity contribution is -0.875. The lowest BCUT2D eigenvalue weighted by Gasteiger charge is -2.33. The van der Waals surface area contributed by atoms with Crippen LogP contribution in [0.25, 0.3) is 0 Å². The molecule has 0 aromatic carbocycles. The summed E-state index contributed by atoms with van der Waals surface area (Å²) in [5.41, 5.74) is -1.85. The molecule has 29 heavy (non-hydrogen) atoms. The average Bonchev–Trinajstić information content (AvgIpc) is 2.59. The number of quaternary nitrogens is 1. The third-order valence-electron chi connectivity index (χ3n) is 5.13. The van der Waals surface area contributed by atoms with Crippen molar-refractivity contribution in [3.8, 4) is 0 Å². The van der Waals surface area contributed by atoms with E-state index in [0.29, 0.717) is 4.48 Å². The second-order valence-electron chi connectivity index (χ2n) is 9.49. The standard InChI is InChI=1S/C24H45NO4/c1-5-6-7-8-9-10-11-12-13-14-15-16-17-18-19-22(26)24(29,20-23(27)28)21-25(2,3)4/h18-19,29H,5-17,20-21H2,1-4H3/p+1. The number of likely N-dealkylation sites (N-methyl/N-ethyl adjacent to an activating group) is 1. The zero-order valence-corrected chi connectivity index (χ0v) is 19.4. The molecule has 0 bridgehead atoms. The summed E-state index contributed by atoms with van der Waals surface area (Å²) in [5.74, 6) is -1.67. The maximum Gasteiger partial charge on any atom is 0.307 e. The molecule has 0 radical (unpaired) electrons. The lowest BCUT2D eigenvalue weighted by Crippen LogP contribution is -2.54. The van der Waals surface area contributed by atoms with Gasteiger partial charge in [0.15, 0.2) is 11.4 Å². The first-order valence-corrected chi connectivity index (χ1v) is 11.6. The molecule has 0 aliphatic heterocycles. The van der Waals surface area contributed by atoms with Gasteiger partial charge >= 0.3 is 5.97 Å². The molecule has 5 nitrogen and oxygen atoms in total. The van der Waals surface area contributed by atoms with Crippen LogP contribution in [0.5, 0.6) is 0 Å². The molecule has 2 N–H and O–H groups in total. The minimum absolute atomic E-state index is 0.0705. The van der Waals surface area contributed by atoms with E-state index in [1.807, 2.05) is 21.1 Å².